The van der Waals surface area contributed by atoms with Crippen LogP contribution in [0.3, 0.4) is 0 Å². The average Bonchev–Trinajstić information content (AvgIpc) is 2.58. The molecule has 0 saturated carbocycles. The summed E-state index contributed by atoms with van der Waals surface area (Å²) in [5, 5.41) is 2.57. The van der Waals surface area contributed by atoms with Gasteiger partial charge in [-0.1, -0.05) is 13.8 Å². The maximum atomic E-state index is 12.5. The van der Waals surface area contributed by atoms with E-state index < -0.39 is 24.0 Å². The Morgan fingerprint density at radius 3 is 2.12 bits per heavy atom. The molecule has 1 amide bonds. The smallest absolute Gasteiger partial charge is 0.328 e. The van der Waals surface area contributed by atoms with Crippen molar-refractivity contribution < 1.29 is 28.5 Å². The topological polar surface area (TPSA) is 109 Å². The molecule has 1 aromatic rings. The van der Waals surface area contributed by atoms with Gasteiger partial charge in [0.2, 0.25) is 11.8 Å². The maximum Gasteiger partial charge on any atom is 0.328 e. The molecule has 1 rings (SSSR count). The molecule has 0 fully saturated rings. The number of nitrogens with one attached hydrogen (secondary N) is 1. The fourth-order valence-corrected chi connectivity index (χ4v) is 1.87. The van der Waals surface area contributed by atoms with Crippen LogP contribution in [-0.2, 0) is 14.3 Å². The summed E-state index contributed by atoms with van der Waals surface area (Å²) in [6.07, 6.45) is -0.909. The van der Waals surface area contributed by atoms with Crippen molar-refractivity contribution in [1.82, 2.24) is 15.3 Å². The molecule has 1 N–H and O–H groups in total. The number of nitrogens with zero attached hydrogens (tertiary/aromatic N) is 2. The predicted octanol–water partition coefficient (Wildman–Crippen LogP) is 0.965. The van der Waals surface area contributed by atoms with E-state index in [1.165, 1.54) is 20.3 Å². The summed E-state index contributed by atoms with van der Waals surface area (Å²) in [7, 11) is 2.89. The van der Waals surface area contributed by atoms with Crippen molar-refractivity contribution in [1.29, 1.82) is 0 Å². The molecule has 0 bridgehead atoms. The molecule has 0 aliphatic rings. The standard InChI is InChI=1S/C16H25N3O6/c1-7-24-15(21)10(4)17-14(20)13(9(2)3)25-16-18-11(22-5)8-12(19-16)23-6/h8-10,13H,7H2,1-6H3,(H,17,20)/t10-,13?/m0/s1. The third-order valence-electron chi connectivity index (χ3n) is 3.17. The molecule has 25 heavy (non-hydrogen) atoms. The largest absolute Gasteiger partial charge is 0.481 e. The highest BCUT2D eigenvalue weighted by Gasteiger charge is 2.29. The second-order valence-corrected chi connectivity index (χ2v) is 5.50. The lowest BCUT2D eigenvalue weighted by Crippen LogP contribution is -2.48. The maximum absolute atomic E-state index is 12.5. The first kappa shape index (κ1) is 20.5. The normalized spacial score (nSPS) is 12.9. The van der Waals surface area contributed by atoms with Crippen LogP contribution in [0.5, 0.6) is 17.8 Å². The van der Waals surface area contributed by atoms with Crippen LogP contribution in [0, 0.1) is 5.92 Å². The molecule has 140 valence electrons. The van der Waals surface area contributed by atoms with E-state index >= 15 is 0 Å². The summed E-state index contributed by atoms with van der Waals surface area (Å²) in [6.45, 7) is 7.08. The lowest BCUT2D eigenvalue weighted by molar-refractivity contribution is -0.148. The molecule has 0 saturated heterocycles. The van der Waals surface area contributed by atoms with Gasteiger partial charge in [-0.25, -0.2) is 4.79 Å². The third-order valence-corrected chi connectivity index (χ3v) is 3.17. The molecule has 2 atom stereocenters. The van der Waals surface area contributed by atoms with Crippen LogP contribution in [0.25, 0.3) is 0 Å². The van der Waals surface area contributed by atoms with Gasteiger partial charge in [0.25, 0.3) is 5.91 Å². The Hall–Kier alpha value is -2.58. The van der Waals surface area contributed by atoms with E-state index in [1.54, 1.807) is 27.7 Å². The molecule has 1 heterocycles. The molecule has 1 unspecified atom stereocenters. The Balaban J connectivity index is 2.90. The highest BCUT2D eigenvalue weighted by Crippen LogP contribution is 2.21. The van der Waals surface area contributed by atoms with Gasteiger partial charge in [0.15, 0.2) is 6.10 Å². The summed E-state index contributed by atoms with van der Waals surface area (Å²) in [5.41, 5.74) is 0. The molecule has 9 heteroatoms. The van der Waals surface area contributed by atoms with Gasteiger partial charge in [0, 0.05) is 0 Å². The van der Waals surface area contributed by atoms with E-state index in [-0.39, 0.29) is 30.3 Å². The average molecular weight is 355 g/mol. The Morgan fingerprint density at radius 2 is 1.68 bits per heavy atom. The molecule has 9 nitrogen and oxygen atoms in total. The fraction of sp³-hybridized carbons (Fsp3) is 0.625. The van der Waals surface area contributed by atoms with Gasteiger partial charge in [0.05, 0.1) is 26.9 Å². The monoisotopic (exact) mass is 355 g/mol. The van der Waals surface area contributed by atoms with Crippen LogP contribution in [0.15, 0.2) is 6.07 Å². The Morgan fingerprint density at radius 1 is 1.12 bits per heavy atom. The molecular weight excluding hydrogens is 330 g/mol. The number of hydrogen-bond donors (Lipinski definition) is 1. The minimum absolute atomic E-state index is 0.0613. The Labute approximate surface area is 147 Å². The van der Waals surface area contributed by atoms with Crippen molar-refractivity contribution in [2.24, 2.45) is 5.92 Å². The SMILES string of the molecule is CCOC(=O)[C@H](C)NC(=O)C(Oc1nc(OC)cc(OC)n1)C(C)C. The zero-order chi connectivity index (χ0) is 19.0. The first-order valence-electron chi connectivity index (χ1n) is 7.93. The van der Waals surface area contributed by atoms with E-state index in [1.807, 2.05) is 0 Å². The Bertz CT molecular complexity index is 571. The van der Waals surface area contributed by atoms with Crippen molar-refractivity contribution in [3.05, 3.63) is 6.07 Å². The quantitative estimate of drug-likeness (QED) is 0.653. The number of amides is 1. The molecule has 0 aromatic carbocycles. The summed E-state index contributed by atoms with van der Waals surface area (Å²) in [6, 6.07) is 0.632. The molecule has 1 aromatic heterocycles. The Kier molecular flexibility index (Phi) is 7.90. The summed E-state index contributed by atoms with van der Waals surface area (Å²) < 4.78 is 20.6. The van der Waals surface area contributed by atoms with Crippen molar-refractivity contribution in [3.63, 3.8) is 0 Å². The minimum atomic E-state index is -0.909. The first-order valence-corrected chi connectivity index (χ1v) is 7.93. The van der Waals surface area contributed by atoms with Gasteiger partial charge < -0.3 is 24.3 Å². The lowest BCUT2D eigenvalue weighted by Gasteiger charge is -2.22. The van der Waals surface area contributed by atoms with Crippen LogP contribution in [0.2, 0.25) is 0 Å². The van der Waals surface area contributed by atoms with Gasteiger partial charge in [-0.05, 0) is 19.8 Å². The van der Waals surface area contributed by atoms with Crippen LogP contribution in [-0.4, -0.2) is 54.8 Å². The number of aromatic nitrogens is 2. The van der Waals surface area contributed by atoms with Gasteiger partial charge in [0.1, 0.15) is 6.04 Å². The van der Waals surface area contributed by atoms with Gasteiger partial charge >= 0.3 is 12.0 Å². The first-order chi connectivity index (χ1) is 11.8. The number of ether oxygens (including phenoxy) is 4. The van der Waals surface area contributed by atoms with Crippen molar-refractivity contribution in [2.45, 2.75) is 39.8 Å². The molecule has 0 aliphatic carbocycles. The van der Waals surface area contributed by atoms with Crippen LogP contribution < -0.4 is 19.5 Å². The second kappa shape index (κ2) is 9.65. The van der Waals surface area contributed by atoms with E-state index in [0.29, 0.717) is 0 Å². The van der Waals surface area contributed by atoms with E-state index in [0.717, 1.165) is 0 Å². The number of rotatable bonds is 9. The molecule has 0 aliphatic heterocycles. The van der Waals surface area contributed by atoms with E-state index in [9.17, 15) is 9.59 Å². The number of carbonyl (C=O) groups is 2. The number of esters is 1. The van der Waals surface area contributed by atoms with Crippen molar-refractivity contribution in [2.75, 3.05) is 20.8 Å². The fourth-order valence-electron chi connectivity index (χ4n) is 1.87. The predicted molar refractivity (Wildman–Crippen MR) is 88.6 cm³/mol. The summed E-state index contributed by atoms with van der Waals surface area (Å²) in [5.74, 6) is -0.705. The van der Waals surface area contributed by atoms with Crippen molar-refractivity contribution in [3.8, 4) is 17.8 Å². The molecule has 0 spiro atoms. The van der Waals surface area contributed by atoms with Crippen LogP contribution in [0.1, 0.15) is 27.7 Å². The van der Waals surface area contributed by atoms with E-state index in [2.05, 4.69) is 15.3 Å². The number of methoxy groups -OCH3 is 2. The molecular formula is C16H25N3O6. The minimum Gasteiger partial charge on any atom is -0.481 e. The zero-order valence-corrected chi connectivity index (χ0v) is 15.4. The van der Waals surface area contributed by atoms with Crippen LogP contribution in [0.4, 0.5) is 0 Å². The van der Waals surface area contributed by atoms with E-state index in [4.69, 9.17) is 18.9 Å². The molecule has 0 radical (unpaired) electrons. The summed E-state index contributed by atoms with van der Waals surface area (Å²) in [4.78, 5) is 32.2. The zero-order valence-electron chi connectivity index (χ0n) is 15.4. The van der Waals surface area contributed by atoms with Gasteiger partial charge in [-0.3, -0.25) is 4.79 Å². The van der Waals surface area contributed by atoms with Crippen molar-refractivity contribution >= 4 is 11.9 Å². The second-order valence-electron chi connectivity index (χ2n) is 5.50. The number of carbonyl (C=O) groups excluding carboxylic acids is 2. The van der Waals surface area contributed by atoms with Gasteiger partial charge in [-0.2, -0.15) is 9.97 Å². The summed E-state index contributed by atoms with van der Waals surface area (Å²) >= 11 is 0. The third kappa shape index (κ3) is 6.09. The highest BCUT2D eigenvalue weighted by atomic mass is 16.5. The number of hydrogen-bond acceptors (Lipinski definition) is 8. The lowest BCUT2D eigenvalue weighted by atomic mass is 10.1. The van der Waals surface area contributed by atoms with Crippen LogP contribution >= 0.6 is 0 Å². The highest BCUT2D eigenvalue weighted by molar-refractivity contribution is 5.87. The van der Waals surface area contributed by atoms with Gasteiger partial charge in [-0.15, -0.1) is 0 Å².